The van der Waals surface area contributed by atoms with Crippen molar-refractivity contribution in [2.45, 2.75) is 32.7 Å². The second-order valence-corrected chi connectivity index (χ2v) is 8.55. The molecule has 7 nitrogen and oxygen atoms in total. The van der Waals surface area contributed by atoms with Crippen molar-refractivity contribution in [2.24, 2.45) is 13.0 Å². The summed E-state index contributed by atoms with van der Waals surface area (Å²) in [6.07, 6.45) is -4.02. The van der Waals surface area contributed by atoms with Gasteiger partial charge in [0, 0.05) is 37.6 Å². The Balaban J connectivity index is 1.56. The van der Waals surface area contributed by atoms with E-state index in [1.165, 1.54) is 16.7 Å². The standard InChI is InChI=1S/C24H24F3N5O2/c1-14-13-32(11-10-19(14)30-16-5-7-17(8-6-16)34-24(25,26)27)22-18(12-28)23(33)31(3)20-9-4-15(2)29-21(20)22/h4-9,14,19,30H,10-11,13H2,1-3H3/t14-,19+/m0/s1. The van der Waals surface area contributed by atoms with Gasteiger partial charge in [-0.1, -0.05) is 6.92 Å². The molecule has 10 heteroatoms. The number of hydrogen-bond donors (Lipinski definition) is 1. The molecule has 0 spiro atoms. The molecule has 0 aliphatic carbocycles. The van der Waals surface area contributed by atoms with E-state index in [4.69, 9.17) is 0 Å². The number of rotatable bonds is 4. The van der Waals surface area contributed by atoms with Gasteiger partial charge < -0.3 is 19.5 Å². The number of anilines is 2. The van der Waals surface area contributed by atoms with Crippen molar-refractivity contribution in [1.82, 2.24) is 9.55 Å². The molecule has 0 amide bonds. The fourth-order valence-corrected chi connectivity index (χ4v) is 4.43. The SMILES string of the molecule is Cc1ccc2c(n1)c(N1CC[C@@H](Nc3ccc(OC(F)(F)F)cc3)[C@@H](C)C1)c(C#N)c(=O)n2C. The van der Waals surface area contributed by atoms with Crippen LogP contribution in [0.2, 0.25) is 0 Å². The van der Waals surface area contributed by atoms with Crippen LogP contribution >= 0.6 is 0 Å². The van der Waals surface area contributed by atoms with E-state index in [1.807, 2.05) is 24.0 Å². The number of fused-ring (bicyclic) bond motifs is 1. The molecule has 2 atom stereocenters. The molecule has 1 aliphatic rings. The second-order valence-electron chi connectivity index (χ2n) is 8.55. The molecule has 178 valence electrons. The molecule has 0 bridgehead atoms. The van der Waals surface area contributed by atoms with Crippen molar-refractivity contribution in [1.29, 1.82) is 5.26 Å². The lowest BCUT2D eigenvalue weighted by Gasteiger charge is -2.39. The lowest BCUT2D eigenvalue weighted by Crippen LogP contribution is -2.46. The van der Waals surface area contributed by atoms with E-state index < -0.39 is 6.36 Å². The number of halogens is 3. The molecular formula is C24H24F3N5O2. The average molecular weight is 471 g/mol. The first kappa shape index (κ1) is 23.4. The van der Waals surface area contributed by atoms with Crippen LogP contribution in [0, 0.1) is 24.2 Å². The van der Waals surface area contributed by atoms with Gasteiger partial charge in [0.2, 0.25) is 0 Å². The summed E-state index contributed by atoms with van der Waals surface area (Å²) < 4.78 is 42.5. The highest BCUT2D eigenvalue weighted by Gasteiger charge is 2.32. The highest BCUT2D eigenvalue weighted by Crippen LogP contribution is 2.32. The second kappa shape index (κ2) is 8.89. The van der Waals surface area contributed by atoms with Crippen molar-refractivity contribution < 1.29 is 17.9 Å². The summed E-state index contributed by atoms with van der Waals surface area (Å²) in [6.45, 7) is 5.09. The molecule has 4 rings (SSSR count). The molecule has 34 heavy (non-hydrogen) atoms. The highest BCUT2D eigenvalue weighted by molar-refractivity contribution is 5.91. The maximum atomic E-state index is 12.9. The third-order valence-corrected chi connectivity index (χ3v) is 6.13. The van der Waals surface area contributed by atoms with E-state index >= 15 is 0 Å². The van der Waals surface area contributed by atoms with Crippen molar-refractivity contribution in [3.05, 3.63) is 58.0 Å². The van der Waals surface area contributed by atoms with Crippen LogP contribution in [0.15, 0.2) is 41.2 Å². The van der Waals surface area contributed by atoms with Gasteiger partial charge in [-0.25, -0.2) is 4.98 Å². The smallest absolute Gasteiger partial charge is 0.406 e. The summed E-state index contributed by atoms with van der Waals surface area (Å²) in [6, 6.07) is 11.5. The minimum Gasteiger partial charge on any atom is -0.406 e. The van der Waals surface area contributed by atoms with Gasteiger partial charge in [-0.05, 0) is 55.7 Å². The number of aryl methyl sites for hydroxylation is 2. The van der Waals surface area contributed by atoms with Crippen molar-refractivity contribution in [2.75, 3.05) is 23.3 Å². The molecule has 0 saturated carbocycles. The van der Waals surface area contributed by atoms with E-state index in [0.717, 1.165) is 5.69 Å². The zero-order chi connectivity index (χ0) is 24.6. The fraction of sp³-hybridized carbons (Fsp3) is 0.375. The monoisotopic (exact) mass is 471 g/mol. The van der Waals surface area contributed by atoms with Crippen LogP contribution < -0.4 is 20.5 Å². The molecule has 3 aromatic rings. The number of benzene rings is 1. The predicted molar refractivity (Wildman–Crippen MR) is 123 cm³/mol. The van der Waals surface area contributed by atoms with Crippen LogP contribution in [-0.4, -0.2) is 35.0 Å². The van der Waals surface area contributed by atoms with Crippen LogP contribution in [0.25, 0.3) is 11.0 Å². The first-order valence-electron chi connectivity index (χ1n) is 10.8. The number of nitrogens with zero attached hydrogens (tertiary/aromatic N) is 4. The Kier molecular flexibility index (Phi) is 6.13. The van der Waals surface area contributed by atoms with E-state index in [2.05, 4.69) is 28.0 Å². The van der Waals surface area contributed by atoms with Crippen LogP contribution in [0.4, 0.5) is 24.5 Å². The van der Waals surface area contributed by atoms with Gasteiger partial charge in [0.1, 0.15) is 22.9 Å². The molecule has 0 unspecified atom stereocenters. The topological polar surface area (TPSA) is 83.2 Å². The zero-order valence-corrected chi connectivity index (χ0v) is 19.0. The van der Waals surface area contributed by atoms with E-state index in [1.54, 1.807) is 19.2 Å². The van der Waals surface area contributed by atoms with Gasteiger partial charge in [-0.15, -0.1) is 13.2 Å². The number of pyridine rings is 2. The maximum absolute atomic E-state index is 12.9. The summed E-state index contributed by atoms with van der Waals surface area (Å²) in [5.74, 6) is -0.152. The molecular weight excluding hydrogens is 447 g/mol. The molecule has 2 aromatic heterocycles. The van der Waals surface area contributed by atoms with Crippen LogP contribution in [0.5, 0.6) is 5.75 Å². The Hall–Kier alpha value is -3.74. The lowest BCUT2D eigenvalue weighted by atomic mass is 9.92. The van der Waals surface area contributed by atoms with Crippen molar-refractivity contribution in [3.8, 4) is 11.8 Å². The molecule has 1 saturated heterocycles. The molecule has 1 aliphatic heterocycles. The third-order valence-electron chi connectivity index (χ3n) is 6.13. The number of nitriles is 1. The number of ether oxygens (including phenoxy) is 1. The van der Waals surface area contributed by atoms with E-state index in [-0.39, 0.29) is 28.8 Å². The summed E-state index contributed by atoms with van der Waals surface area (Å²) >= 11 is 0. The van der Waals surface area contributed by atoms with Crippen LogP contribution in [0.3, 0.4) is 0 Å². The minimum absolute atomic E-state index is 0.0590. The molecule has 1 fully saturated rings. The van der Waals surface area contributed by atoms with Gasteiger partial charge in [0.25, 0.3) is 5.56 Å². The molecule has 0 radical (unpaired) electrons. The Morgan fingerprint density at radius 1 is 1.21 bits per heavy atom. The third kappa shape index (κ3) is 4.64. The number of alkyl halides is 3. The Morgan fingerprint density at radius 2 is 1.91 bits per heavy atom. The predicted octanol–water partition coefficient (Wildman–Crippen LogP) is 4.34. The quantitative estimate of drug-likeness (QED) is 0.610. The largest absolute Gasteiger partial charge is 0.573 e. The molecule has 3 heterocycles. The number of piperidine rings is 1. The van der Waals surface area contributed by atoms with Gasteiger partial charge in [0.05, 0.1) is 11.2 Å². The van der Waals surface area contributed by atoms with Gasteiger partial charge in [-0.2, -0.15) is 5.26 Å². The van der Waals surface area contributed by atoms with E-state index in [9.17, 15) is 23.2 Å². The molecule has 1 aromatic carbocycles. The van der Waals surface area contributed by atoms with E-state index in [0.29, 0.717) is 41.9 Å². The first-order chi connectivity index (χ1) is 16.1. The Morgan fingerprint density at radius 3 is 2.53 bits per heavy atom. The highest BCUT2D eigenvalue weighted by atomic mass is 19.4. The number of nitrogens with one attached hydrogen (secondary N) is 1. The van der Waals surface area contributed by atoms with Gasteiger partial charge >= 0.3 is 6.36 Å². The zero-order valence-electron chi connectivity index (χ0n) is 19.0. The van der Waals surface area contributed by atoms with Crippen LogP contribution in [0.1, 0.15) is 24.6 Å². The van der Waals surface area contributed by atoms with Crippen molar-refractivity contribution in [3.63, 3.8) is 0 Å². The Bertz CT molecular complexity index is 1310. The van der Waals surface area contributed by atoms with Gasteiger partial charge in [-0.3, -0.25) is 4.79 Å². The lowest BCUT2D eigenvalue weighted by molar-refractivity contribution is -0.274. The van der Waals surface area contributed by atoms with Crippen molar-refractivity contribution >= 4 is 22.4 Å². The molecule has 1 N–H and O–H groups in total. The van der Waals surface area contributed by atoms with Gasteiger partial charge in [0.15, 0.2) is 0 Å². The normalized spacial score (nSPS) is 18.6. The Labute approximate surface area is 194 Å². The summed E-state index contributed by atoms with van der Waals surface area (Å²) in [5.41, 5.74) is 3.05. The average Bonchev–Trinajstić information content (AvgIpc) is 2.77. The number of hydrogen-bond acceptors (Lipinski definition) is 6. The maximum Gasteiger partial charge on any atom is 0.573 e. The fourth-order valence-electron chi connectivity index (χ4n) is 4.43. The minimum atomic E-state index is -4.73. The summed E-state index contributed by atoms with van der Waals surface area (Å²) in [4.78, 5) is 19.5. The number of aromatic nitrogens is 2. The summed E-state index contributed by atoms with van der Waals surface area (Å²) in [5, 5.41) is 13.2. The first-order valence-corrected chi connectivity index (χ1v) is 10.8. The summed E-state index contributed by atoms with van der Waals surface area (Å²) in [7, 11) is 1.64. The van der Waals surface area contributed by atoms with Crippen LogP contribution in [-0.2, 0) is 7.05 Å².